The van der Waals surface area contributed by atoms with Crippen LogP contribution in [0.2, 0.25) is 0 Å². The van der Waals surface area contributed by atoms with Gasteiger partial charge in [0.15, 0.2) is 0 Å². The molecule has 3 N–H and O–H groups in total. The van der Waals surface area contributed by atoms with Crippen molar-refractivity contribution < 1.29 is 9.59 Å². The standard InChI is InChI=1S/C18H35N3O2/c1-2-3-4-7-12-20-17(22)9-6-5-8-13-21-18(23)16-10-14-19-15-11-16/h16,19H,2-15H2,1H3,(H,20,22)(H,21,23). The Balaban J connectivity index is 1.88. The molecule has 0 aliphatic carbocycles. The number of piperidine rings is 1. The monoisotopic (exact) mass is 325 g/mol. The second kappa shape index (κ2) is 13.3. The van der Waals surface area contributed by atoms with Crippen molar-refractivity contribution in [3.8, 4) is 0 Å². The van der Waals surface area contributed by atoms with E-state index in [0.717, 1.165) is 64.7 Å². The number of hydrogen-bond donors (Lipinski definition) is 3. The molecule has 0 spiro atoms. The molecule has 0 saturated carbocycles. The highest BCUT2D eigenvalue weighted by molar-refractivity contribution is 5.78. The van der Waals surface area contributed by atoms with Crippen LogP contribution < -0.4 is 16.0 Å². The van der Waals surface area contributed by atoms with Gasteiger partial charge in [-0.05, 0) is 45.2 Å². The molecule has 0 aromatic heterocycles. The first-order chi connectivity index (χ1) is 11.2. The molecule has 0 bridgehead atoms. The van der Waals surface area contributed by atoms with Gasteiger partial charge >= 0.3 is 0 Å². The summed E-state index contributed by atoms with van der Waals surface area (Å²) in [6.07, 6.45) is 10.1. The molecule has 0 atom stereocenters. The molecule has 5 nitrogen and oxygen atoms in total. The van der Waals surface area contributed by atoms with Crippen LogP contribution in [0, 0.1) is 5.92 Å². The highest BCUT2D eigenvalue weighted by Gasteiger charge is 2.19. The Bertz CT molecular complexity index is 328. The lowest BCUT2D eigenvalue weighted by molar-refractivity contribution is -0.125. The molecule has 0 unspecified atom stereocenters. The summed E-state index contributed by atoms with van der Waals surface area (Å²) in [4.78, 5) is 23.6. The van der Waals surface area contributed by atoms with Gasteiger partial charge < -0.3 is 16.0 Å². The normalized spacial score (nSPS) is 15.3. The van der Waals surface area contributed by atoms with Crippen molar-refractivity contribution in [1.82, 2.24) is 16.0 Å². The van der Waals surface area contributed by atoms with Crippen LogP contribution in [0.3, 0.4) is 0 Å². The summed E-state index contributed by atoms with van der Waals surface area (Å²) in [7, 11) is 0. The number of rotatable bonds is 12. The predicted octanol–water partition coefficient (Wildman–Crippen LogP) is 2.36. The topological polar surface area (TPSA) is 70.2 Å². The van der Waals surface area contributed by atoms with E-state index in [-0.39, 0.29) is 17.7 Å². The average Bonchev–Trinajstić information content (AvgIpc) is 2.58. The Kier molecular flexibility index (Phi) is 11.6. The van der Waals surface area contributed by atoms with Crippen molar-refractivity contribution in [2.24, 2.45) is 5.92 Å². The number of hydrogen-bond acceptors (Lipinski definition) is 3. The van der Waals surface area contributed by atoms with Crippen LogP contribution in [-0.4, -0.2) is 38.0 Å². The van der Waals surface area contributed by atoms with E-state index >= 15 is 0 Å². The summed E-state index contributed by atoms with van der Waals surface area (Å²) in [5.74, 6) is 0.561. The van der Waals surface area contributed by atoms with Crippen LogP contribution in [0.4, 0.5) is 0 Å². The quantitative estimate of drug-likeness (QED) is 0.482. The SMILES string of the molecule is CCCCCCNC(=O)CCCCCNC(=O)C1CCNCC1. The lowest BCUT2D eigenvalue weighted by Crippen LogP contribution is -2.38. The molecule has 0 aromatic carbocycles. The van der Waals surface area contributed by atoms with Crippen molar-refractivity contribution >= 4 is 11.8 Å². The van der Waals surface area contributed by atoms with Crippen LogP contribution in [0.15, 0.2) is 0 Å². The van der Waals surface area contributed by atoms with Crippen LogP contribution in [0.25, 0.3) is 0 Å². The molecule has 5 heteroatoms. The molecule has 1 fully saturated rings. The third-order valence-electron chi connectivity index (χ3n) is 4.44. The van der Waals surface area contributed by atoms with Crippen molar-refractivity contribution in [3.63, 3.8) is 0 Å². The minimum Gasteiger partial charge on any atom is -0.356 e. The third kappa shape index (κ3) is 10.3. The number of carbonyl (C=O) groups is 2. The van der Waals surface area contributed by atoms with Gasteiger partial charge in [0.25, 0.3) is 0 Å². The van der Waals surface area contributed by atoms with Gasteiger partial charge in [-0.15, -0.1) is 0 Å². The van der Waals surface area contributed by atoms with Crippen LogP contribution in [0.1, 0.15) is 71.1 Å². The number of unbranched alkanes of at least 4 members (excludes halogenated alkanes) is 5. The number of nitrogens with one attached hydrogen (secondary N) is 3. The molecule has 1 aliphatic heterocycles. The van der Waals surface area contributed by atoms with E-state index in [1.165, 1.54) is 19.3 Å². The minimum absolute atomic E-state index is 0.167. The lowest BCUT2D eigenvalue weighted by Gasteiger charge is -2.21. The average molecular weight is 325 g/mol. The number of carbonyl (C=O) groups excluding carboxylic acids is 2. The van der Waals surface area contributed by atoms with Gasteiger partial charge in [0.2, 0.25) is 11.8 Å². The van der Waals surface area contributed by atoms with E-state index in [9.17, 15) is 9.59 Å². The summed E-state index contributed by atoms with van der Waals surface area (Å²) in [5, 5.41) is 9.28. The first-order valence-electron chi connectivity index (χ1n) is 9.49. The van der Waals surface area contributed by atoms with Crippen molar-refractivity contribution in [1.29, 1.82) is 0 Å². The smallest absolute Gasteiger partial charge is 0.223 e. The molecule has 2 amide bonds. The summed E-state index contributed by atoms with van der Waals surface area (Å²) in [6, 6.07) is 0. The zero-order chi connectivity index (χ0) is 16.8. The number of amides is 2. The van der Waals surface area contributed by atoms with Gasteiger partial charge in [-0.2, -0.15) is 0 Å². The van der Waals surface area contributed by atoms with E-state index in [2.05, 4.69) is 22.9 Å². The molecule has 1 saturated heterocycles. The fourth-order valence-electron chi connectivity index (χ4n) is 2.90. The Morgan fingerprint density at radius 1 is 0.913 bits per heavy atom. The van der Waals surface area contributed by atoms with E-state index in [1.807, 2.05) is 0 Å². The first-order valence-corrected chi connectivity index (χ1v) is 9.49. The van der Waals surface area contributed by atoms with Crippen molar-refractivity contribution in [3.05, 3.63) is 0 Å². The second-order valence-corrected chi connectivity index (χ2v) is 6.54. The Hall–Kier alpha value is -1.10. The maximum atomic E-state index is 11.9. The fourth-order valence-corrected chi connectivity index (χ4v) is 2.90. The molecule has 134 valence electrons. The third-order valence-corrected chi connectivity index (χ3v) is 4.44. The molecule has 0 radical (unpaired) electrons. The van der Waals surface area contributed by atoms with Gasteiger partial charge in [-0.25, -0.2) is 0 Å². The zero-order valence-corrected chi connectivity index (χ0v) is 14.8. The van der Waals surface area contributed by atoms with Crippen LogP contribution >= 0.6 is 0 Å². The van der Waals surface area contributed by atoms with Crippen molar-refractivity contribution in [2.75, 3.05) is 26.2 Å². The Morgan fingerprint density at radius 3 is 2.26 bits per heavy atom. The van der Waals surface area contributed by atoms with E-state index < -0.39 is 0 Å². The molecule has 1 rings (SSSR count). The Labute approximate surface area is 141 Å². The summed E-state index contributed by atoms with van der Waals surface area (Å²) in [5.41, 5.74) is 0. The van der Waals surface area contributed by atoms with Gasteiger partial charge in [-0.1, -0.05) is 32.6 Å². The molecular formula is C18H35N3O2. The zero-order valence-electron chi connectivity index (χ0n) is 14.8. The van der Waals surface area contributed by atoms with Gasteiger partial charge in [-0.3, -0.25) is 9.59 Å². The van der Waals surface area contributed by atoms with Crippen molar-refractivity contribution in [2.45, 2.75) is 71.1 Å². The highest BCUT2D eigenvalue weighted by Crippen LogP contribution is 2.11. The van der Waals surface area contributed by atoms with E-state index in [1.54, 1.807) is 0 Å². The van der Waals surface area contributed by atoms with Gasteiger partial charge in [0, 0.05) is 25.4 Å². The second-order valence-electron chi connectivity index (χ2n) is 6.54. The molecule has 23 heavy (non-hydrogen) atoms. The molecular weight excluding hydrogens is 290 g/mol. The lowest BCUT2D eigenvalue weighted by atomic mass is 9.97. The maximum absolute atomic E-state index is 11.9. The molecule has 1 heterocycles. The highest BCUT2D eigenvalue weighted by atomic mass is 16.2. The van der Waals surface area contributed by atoms with E-state index in [4.69, 9.17) is 0 Å². The minimum atomic E-state index is 0.167. The van der Waals surface area contributed by atoms with Gasteiger partial charge in [0.05, 0.1) is 0 Å². The summed E-state index contributed by atoms with van der Waals surface area (Å²) >= 11 is 0. The van der Waals surface area contributed by atoms with E-state index in [0.29, 0.717) is 6.42 Å². The van der Waals surface area contributed by atoms with Crippen LogP contribution in [-0.2, 0) is 9.59 Å². The largest absolute Gasteiger partial charge is 0.356 e. The van der Waals surface area contributed by atoms with Gasteiger partial charge in [0.1, 0.15) is 0 Å². The molecule has 0 aromatic rings. The molecule has 1 aliphatic rings. The summed E-state index contributed by atoms with van der Waals surface area (Å²) in [6.45, 7) is 5.64. The maximum Gasteiger partial charge on any atom is 0.223 e. The summed E-state index contributed by atoms with van der Waals surface area (Å²) < 4.78 is 0. The fraction of sp³-hybridized carbons (Fsp3) is 0.889. The first kappa shape index (κ1) is 19.9. The predicted molar refractivity (Wildman–Crippen MR) is 94.2 cm³/mol. The Morgan fingerprint density at radius 2 is 1.57 bits per heavy atom. The van der Waals surface area contributed by atoms with Crippen LogP contribution in [0.5, 0.6) is 0 Å².